The van der Waals surface area contributed by atoms with Gasteiger partial charge in [-0.2, -0.15) is 0 Å². The van der Waals surface area contributed by atoms with Gasteiger partial charge in [0.1, 0.15) is 0 Å². The summed E-state index contributed by atoms with van der Waals surface area (Å²) in [5.74, 6) is -1.34. The number of carbonyl (C=O) groups is 2. The second-order valence-electron chi connectivity index (χ2n) is 4.18. The lowest BCUT2D eigenvalue weighted by Crippen LogP contribution is -2.12. The summed E-state index contributed by atoms with van der Waals surface area (Å²) in [6.07, 6.45) is 1.91. The average molecular weight is 322 g/mol. The number of benzene rings is 2. The van der Waals surface area contributed by atoms with Crippen molar-refractivity contribution in [2.45, 2.75) is 4.90 Å². The topological polar surface area (TPSA) is 66.4 Å². The predicted molar refractivity (Wildman–Crippen MR) is 84.6 cm³/mol. The van der Waals surface area contributed by atoms with E-state index < -0.39 is 5.97 Å². The van der Waals surface area contributed by atoms with Crippen molar-refractivity contribution in [1.29, 1.82) is 0 Å². The molecule has 0 saturated heterocycles. The number of amides is 1. The lowest BCUT2D eigenvalue weighted by atomic mass is 10.2. The van der Waals surface area contributed by atoms with Gasteiger partial charge in [-0.1, -0.05) is 11.6 Å². The van der Waals surface area contributed by atoms with Gasteiger partial charge in [-0.05, 0) is 48.7 Å². The van der Waals surface area contributed by atoms with Gasteiger partial charge in [0.25, 0.3) is 5.91 Å². The molecule has 0 bridgehead atoms. The zero-order valence-electron chi connectivity index (χ0n) is 11.1. The lowest BCUT2D eigenvalue weighted by molar-refractivity contribution is 0.0696. The molecule has 108 valence electrons. The number of nitrogens with one attached hydrogen (secondary N) is 1. The fraction of sp³-hybridized carbons (Fsp3) is 0.0667. The Labute approximate surface area is 131 Å². The number of carboxylic acids is 1. The Morgan fingerprint density at radius 1 is 1.14 bits per heavy atom. The third kappa shape index (κ3) is 3.77. The Kier molecular flexibility index (Phi) is 4.88. The Bertz CT molecular complexity index is 686. The van der Waals surface area contributed by atoms with Crippen molar-refractivity contribution in [3.63, 3.8) is 0 Å². The van der Waals surface area contributed by atoms with Gasteiger partial charge in [0, 0.05) is 10.6 Å². The van der Waals surface area contributed by atoms with Crippen LogP contribution in [-0.2, 0) is 0 Å². The summed E-state index contributed by atoms with van der Waals surface area (Å²) in [4.78, 5) is 23.9. The van der Waals surface area contributed by atoms with E-state index in [-0.39, 0.29) is 11.5 Å². The van der Waals surface area contributed by atoms with Crippen molar-refractivity contribution in [3.8, 4) is 0 Å². The second-order valence-corrected chi connectivity index (χ2v) is 5.47. The minimum absolute atomic E-state index is 0.162. The maximum absolute atomic E-state index is 12.2. The molecule has 6 heteroatoms. The summed E-state index contributed by atoms with van der Waals surface area (Å²) in [5, 5.41) is 11.9. The van der Waals surface area contributed by atoms with Crippen LogP contribution in [0.25, 0.3) is 0 Å². The van der Waals surface area contributed by atoms with E-state index in [1.54, 1.807) is 12.1 Å². The van der Waals surface area contributed by atoms with Crippen LogP contribution in [0, 0.1) is 0 Å². The van der Waals surface area contributed by atoms with Gasteiger partial charge < -0.3 is 10.4 Å². The summed E-state index contributed by atoms with van der Waals surface area (Å²) in [5.41, 5.74) is 1.05. The number of halogens is 1. The van der Waals surface area contributed by atoms with Crippen LogP contribution in [0.15, 0.2) is 47.4 Å². The minimum atomic E-state index is -1.01. The number of carbonyl (C=O) groups excluding carboxylic acids is 1. The van der Waals surface area contributed by atoms with Crippen LogP contribution in [0.5, 0.6) is 0 Å². The molecule has 2 rings (SSSR count). The second kappa shape index (κ2) is 6.65. The molecule has 0 spiro atoms. The Morgan fingerprint density at radius 2 is 1.81 bits per heavy atom. The maximum Gasteiger partial charge on any atom is 0.335 e. The molecule has 2 aromatic carbocycles. The lowest BCUT2D eigenvalue weighted by Gasteiger charge is -2.08. The Hall–Kier alpha value is -1.98. The van der Waals surface area contributed by atoms with Crippen molar-refractivity contribution in [2.75, 3.05) is 11.6 Å². The van der Waals surface area contributed by atoms with Crippen molar-refractivity contribution in [3.05, 3.63) is 58.6 Å². The van der Waals surface area contributed by atoms with Gasteiger partial charge in [0.05, 0.1) is 16.1 Å². The summed E-state index contributed by atoms with van der Waals surface area (Å²) in [6.45, 7) is 0. The fourth-order valence-electron chi connectivity index (χ4n) is 1.70. The minimum Gasteiger partial charge on any atom is -0.478 e. The van der Waals surface area contributed by atoms with E-state index in [1.165, 1.54) is 36.0 Å². The molecule has 2 aromatic rings. The third-order valence-corrected chi connectivity index (χ3v) is 3.86. The molecule has 1 amide bonds. The van der Waals surface area contributed by atoms with Gasteiger partial charge in [0.2, 0.25) is 0 Å². The molecule has 21 heavy (non-hydrogen) atoms. The van der Waals surface area contributed by atoms with E-state index in [9.17, 15) is 9.59 Å². The van der Waals surface area contributed by atoms with E-state index >= 15 is 0 Å². The van der Waals surface area contributed by atoms with Gasteiger partial charge in [-0.15, -0.1) is 11.8 Å². The standard InChI is InChI=1S/C15H12ClNO3S/c1-21-11-6-7-13(16)12(8-11)14(18)17-10-4-2-9(3-5-10)15(19)20/h2-8H,1H3,(H,17,18)(H,19,20). The van der Waals surface area contributed by atoms with Gasteiger partial charge >= 0.3 is 5.97 Å². The number of hydrogen-bond acceptors (Lipinski definition) is 3. The Balaban J connectivity index is 2.19. The van der Waals surface area contributed by atoms with Gasteiger partial charge in [0.15, 0.2) is 0 Å². The van der Waals surface area contributed by atoms with E-state index in [2.05, 4.69) is 5.32 Å². The fourth-order valence-corrected chi connectivity index (χ4v) is 2.34. The molecule has 0 saturated carbocycles. The largest absolute Gasteiger partial charge is 0.478 e. The summed E-state index contributed by atoms with van der Waals surface area (Å²) >= 11 is 7.55. The van der Waals surface area contributed by atoms with E-state index in [1.807, 2.05) is 12.3 Å². The van der Waals surface area contributed by atoms with Crippen LogP contribution >= 0.6 is 23.4 Å². The highest BCUT2D eigenvalue weighted by Gasteiger charge is 2.12. The first-order chi connectivity index (χ1) is 10.0. The molecule has 0 heterocycles. The van der Waals surface area contributed by atoms with Gasteiger partial charge in [-0.3, -0.25) is 4.79 Å². The zero-order valence-corrected chi connectivity index (χ0v) is 12.7. The first kappa shape index (κ1) is 15.4. The number of carboxylic acid groups (broad SMARTS) is 1. The van der Waals surface area contributed by atoms with Crippen molar-refractivity contribution in [2.24, 2.45) is 0 Å². The van der Waals surface area contributed by atoms with Crippen molar-refractivity contribution < 1.29 is 14.7 Å². The van der Waals surface area contributed by atoms with Crippen LogP contribution in [0.3, 0.4) is 0 Å². The molecule has 0 unspecified atom stereocenters. The predicted octanol–water partition coefficient (Wildman–Crippen LogP) is 4.01. The molecule has 0 atom stereocenters. The van der Waals surface area contributed by atoms with Gasteiger partial charge in [-0.25, -0.2) is 4.79 Å². The molecule has 0 fully saturated rings. The molecular weight excluding hydrogens is 310 g/mol. The normalized spacial score (nSPS) is 10.2. The van der Waals surface area contributed by atoms with Crippen LogP contribution < -0.4 is 5.32 Å². The SMILES string of the molecule is CSc1ccc(Cl)c(C(=O)Nc2ccc(C(=O)O)cc2)c1. The van der Waals surface area contributed by atoms with Crippen molar-refractivity contribution >= 4 is 40.9 Å². The molecule has 2 N–H and O–H groups in total. The first-order valence-electron chi connectivity index (χ1n) is 5.99. The number of anilines is 1. The molecule has 0 aliphatic heterocycles. The number of rotatable bonds is 4. The average Bonchev–Trinajstić information content (AvgIpc) is 2.48. The maximum atomic E-state index is 12.2. The quantitative estimate of drug-likeness (QED) is 0.835. The zero-order chi connectivity index (χ0) is 15.4. The summed E-state index contributed by atoms with van der Waals surface area (Å²) in [6, 6.07) is 11.2. The highest BCUT2D eigenvalue weighted by molar-refractivity contribution is 7.98. The highest BCUT2D eigenvalue weighted by atomic mass is 35.5. The highest BCUT2D eigenvalue weighted by Crippen LogP contribution is 2.24. The smallest absolute Gasteiger partial charge is 0.335 e. The van der Waals surface area contributed by atoms with E-state index in [4.69, 9.17) is 16.7 Å². The molecule has 0 aromatic heterocycles. The molecule has 0 aliphatic rings. The third-order valence-electron chi connectivity index (χ3n) is 2.81. The summed E-state index contributed by atoms with van der Waals surface area (Å²) in [7, 11) is 0. The van der Waals surface area contributed by atoms with Crippen LogP contribution in [0.1, 0.15) is 20.7 Å². The Morgan fingerprint density at radius 3 is 2.38 bits per heavy atom. The number of aromatic carboxylic acids is 1. The molecule has 4 nitrogen and oxygen atoms in total. The van der Waals surface area contributed by atoms with Crippen LogP contribution in [-0.4, -0.2) is 23.2 Å². The van der Waals surface area contributed by atoms with Crippen molar-refractivity contribution in [1.82, 2.24) is 0 Å². The first-order valence-corrected chi connectivity index (χ1v) is 7.60. The molecular formula is C15H12ClNO3S. The van der Waals surface area contributed by atoms with Crippen LogP contribution in [0.2, 0.25) is 5.02 Å². The monoisotopic (exact) mass is 321 g/mol. The number of thioether (sulfide) groups is 1. The summed E-state index contributed by atoms with van der Waals surface area (Å²) < 4.78 is 0. The van der Waals surface area contributed by atoms with Crippen LogP contribution in [0.4, 0.5) is 5.69 Å². The molecule has 0 radical (unpaired) electrons. The van der Waals surface area contributed by atoms with E-state index in [0.29, 0.717) is 16.3 Å². The van der Waals surface area contributed by atoms with E-state index in [0.717, 1.165) is 4.90 Å². The number of hydrogen-bond donors (Lipinski definition) is 2. The molecule has 0 aliphatic carbocycles.